The zero-order valence-electron chi connectivity index (χ0n) is 11.9. The van der Waals surface area contributed by atoms with Gasteiger partial charge in [0.15, 0.2) is 5.76 Å². The van der Waals surface area contributed by atoms with Gasteiger partial charge in [0.2, 0.25) is 5.82 Å². The Morgan fingerprint density at radius 3 is 3.00 bits per heavy atom. The highest BCUT2D eigenvalue weighted by Gasteiger charge is 2.36. The molecule has 4 rings (SSSR count). The van der Waals surface area contributed by atoms with Gasteiger partial charge < -0.3 is 9.42 Å². The molecule has 1 atom stereocenters. The molecule has 110 valence electrons. The molecule has 1 aliphatic carbocycles. The molecule has 0 spiro atoms. The van der Waals surface area contributed by atoms with E-state index >= 15 is 0 Å². The van der Waals surface area contributed by atoms with Crippen molar-refractivity contribution < 1.29 is 9.32 Å². The standard InChI is InChI=1S/C14H17N5O2/c1-8-7-11(21-18-8)10-3-2-6-19(10)14(20)13-15-12(16-17-13)9-4-5-9/h7,9-10H,2-6H2,1H3,(H,15,16,17). The number of carbonyl (C=O) groups excluding carboxylic acids is 1. The Bertz CT molecular complexity index is 672. The zero-order valence-corrected chi connectivity index (χ0v) is 11.9. The molecule has 2 fully saturated rings. The van der Waals surface area contributed by atoms with Gasteiger partial charge in [0.25, 0.3) is 5.91 Å². The minimum Gasteiger partial charge on any atom is -0.359 e. The Morgan fingerprint density at radius 1 is 1.43 bits per heavy atom. The number of likely N-dealkylation sites (tertiary alicyclic amines) is 1. The van der Waals surface area contributed by atoms with Gasteiger partial charge in [0.05, 0.1) is 11.7 Å². The van der Waals surface area contributed by atoms with E-state index in [9.17, 15) is 4.79 Å². The van der Waals surface area contributed by atoms with Crippen molar-refractivity contribution in [3.05, 3.63) is 29.2 Å². The number of nitrogens with one attached hydrogen (secondary N) is 1. The molecule has 0 radical (unpaired) electrons. The number of amides is 1. The van der Waals surface area contributed by atoms with E-state index in [-0.39, 0.29) is 17.8 Å². The predicted octanol–water partition coefficient (Wildman–Crippen LogP) is 1.96. The SMILES string of the molecule is Cc1cc(C2CCCN2C(=O)c2n[nH]c(C3CC3)n2)on1. The quantitative estimate of drug-likeness (QED) is 0.932. The van der Waals surface area contributed by atoms with Crippen LogP contribution in [-0.2, 0) is 0 Å². The second kappa shape index (κ2) is 4.68. The van der Waals surface area contributed by atoms with Crippen LogP contribution in [-0.4, -0.2) is 37.7 Å². The monoisotopic (exact) mass is 287 g/mol. The lowest BCUT2D eigenvalue weighted by atomic mass is 10.1. The average molecular weight is 287 g/mol. The van der Waals surface area contributed by atoms with Crippen molar-refractivity contribution in [3.8, 4) is 0 Å². The van der Waals surface area contributed by atoms with Crippen LogP contribution in [0.25, 0.3) is 0 Å². The average Bonchev–Trinajstić information content (AvgIpc) is 2.94. The van der Waals surface area contributed by atoms with Crippen LogP contribution in [0.15, 0.2) is 10.6 Å². The smallest absolute Gasteiger partial charge is 0.294 e. The van der Waals surface area contributed by atoms with Crippen molar-refractivity contribution >= 4 is 5.91 Å². The largest absolute Gasteiger partial charge is 0.359 e. The van der Waals surface area contributed by atoms with Crippen molar-refractivity contribution in [1.29, 1.82) is 0 Å². The molecular weight excluding hydrogens is 270 g/mol. The van der Waals surface area contributed by atoms with Crippen LogP contribution in [0.4, 0.5) is 0 Å². The van der Waals surface area contributed by atoms with E-state index in [1.54, 1.807) is 4.90 Å². The lowest BCUT2D eigenvalue weighted by Gasteiger charge is -2.20. The normalized spacial score (nSPS) is 22.0. The van der Waals surface area contributed by atoms with Crippen LogP contribution in [0.5, 0.6) is 0 Å². The summed E-state index contributed by atoms with van der Waals surface area (Å²) in [6.45, 7) is 2.59. The predicted molar refractivity (Wildman–Crippen MR) is 72.6 cm³/mol. The Kier molecular flexibility index (Phi) is 2.80. The minimum absolute atomic E-state index is 0.0541. The van der Waals surface area contributed by atoms with E-state index in [1.165, 1.54) is 0 Å². The first-order valence-electron chi connectivity index (χ1n) is 7.39. The topological polar surface area (TPSA) is 87.9 Å². The van der Waals surface area contributed by atoms with Crippen molar-refractivity contribution in [2.45, 2.75) is 44.6 Å². The second-order valence-electron chi connectivity index (χ2n) is 5.85. The van der Waals surface area contributed by atoms with Crippen molar-refractivity contribution in [2.24, 2.45) is 0 Å². The van der Waals surface area contributed by atoms with E-state index in [0.29, 0.717) is 12.5 Å². The zero-order chi connectivity index (χ0) is 14.4. The fourth-order valence-electron chi connectivity index (χ4n) is 2.88. The molecule has 2 aromatic heterocycles. The molecule has 3 heterocycles. The van der Waals surface area contributed by atoms with Crippen LogP contribution >= 0.6 is 0 Å². The summed E-state index contributed by atoms with van der Waals surface area (Å²) in [5.41, 5.74) is 0.832. The summed E-state index contributed by atoms with van der Waals surface area (Å²) in [4.78, 5) is 18.8. The van der Waals surface area contributed by atoms with Gasteiger partial charge in [-0.2, -0.15) is 0 Å². The van der Waals surface area contributed by atoms with E-state index in [4.69, 9.17) is 4.52 Å². The second-order valence-corrected chi connectivity index (χ2v) is 5.85. The molecule has 21 heavy (non-hydrogen) atoms. The number of aromatic amines is 1. The fraction of sp³-hybridized carbons (Fsp3) is 0.571. The van der Waals surface area contributed by atoms with Crippen LogP contribution < -0.4 is 0 Å². The number of hydrogen-bond acceptors (Lipinski definition) is 5. The van der Waals surface area contributed by atoms with Gasteiger partial charge in [-0.1, -0.05) is 5.16 Å². The number of nitrogens with zero attached hydrogens (tertiary/aromatic N) is 4. The van der Waals surface area contributed by atoms with Crippen LogP contribution in [0.3, 0.4) is 0 Å². The number of rotatable bonds is 3. The Labute approximate surface area is 121 Å². The molecule has 1 unspecified atom stereocenters. The highest BCUT2D eigenvalue weighted by Crippen LogP contribution is 2.38. The number of hydrogen-bond donors (Lipinski definition) is 1. The van der Waals surface area contributed by atoms with Gasteiger partial charge in [-0.25, -0.2) is 4.98 Å². The molecule has 1 amide bonds. The van der Waals surface area contributed by atoms with Crippen LogP contribution in [0.2, 0.25) is 0 Å². The highest BCUT2D eigenvalue weighted by molar-refractivity contribution is 5.90. The van der Waals surface area contributed by atoms with Crippen molar-refractivity contribution in [1.82, 2.24) is 25.2 Å². The Balaban J connectivity index is 1.56. The third kappa shape index (κ3) is 2.22. The summed E-state index contributed by atoms with van der Waals surface area (Å²) in [7, 11) is 0. The molecule has 1 saturated carbocycles. The van der Waals surface area contributed by atoms with Crippen molar-refractivity contribution in [2.75, 3.05) is 6.54 Å². The molecule has 1 aliphatic heterocycles. The summed E-state index contributed by atoms with van der Waals surface area (Å²) in [5.74, 6) is 2.18. The third-order valence-corrected chi connectivity index (χ3v) is 4.15. The minimum atomic E-state index is -0.130. The number of H-pyrrole nitrogens is 1. The van der Waals surface area contributed by atoms with Gasteiger partial charge in [-0.15, -0.1) is 5.10 Å². The third-order valence-electron chi connectivity index (χ3n) is 4.15. The molecule has 7 nitrogen and oxygen atoms in total. The lowest BCUT2D eigenvalue weighted by Crippen LogP contribution is -2.31. The lowest BCUT2D eigenvalue weighted by molar-refractivity contribution is 0.0702. The maximum absolute atomic E-state index is 12.6. The summed E-state index contributed by atoms with van der Waals surface area (Å²) < 4.78 is 5.33. The molecule has 0 bridgehead atoms. The van der Waals surface area contributed by atoms with E-state index < -0.39 is 0 Å². The van der Waals surface area contributed by atoms with Gasteiger partial charge >= 0.3 is 0 Å². The molecule has 2 aromatic rings. The van der Waals surface area contributed by atoms with E-state index in [1.807, 2.05) is 13.0 Å². The van der Waals surface area contributed by atoms with Gasteiger partial charge in [-0.3, -0.25) is 9.89 Å². The first-order valence-corrected chi connectivity index (χ1v) is 7.39. The maximum atomic E-state index is 12.6. The van der Waals surface area contributed by atoms with Crippen LogP contribution in [0, 0.1) is 6.92 Å². The van der Waals surface area contributed by atoms with E-state index in [0.717, 1.165) is 43.0 Å². The van der Waals surface area contributed by atoms with E-state index in [2.05, 4.69) is 20.3 Å². The molecule has 0 aromatic carbocycles. The number of aromatic nitrogens is 4. The molecule has 2 aliphatic rings. The number of carbonyl (C=O) groups is 1. The maximum Gasteiger partial charge on any atom is 0.294 e. The first-order chi connectivity index (χ1) is 10.2. The Morgan fingerprint density at radius 2 is 2.29 bits per heavy atom. The fourth-order valence-corrected chi connectivity index (χ4v) is 2.88. The van der Waals surface area contributed by atoms with Crippen LogP contribution in [0.1, 0.15) is 65.5 Å². The first kappa shape index (κ1) is 12.6. The Hall–Kier alpha value is -2.18. The summed E-state index contributed by atoms with van der Waals surface area (Å²) in [6.07, 6.45) is 4.11. The summed E-state index contributed by atoms with van der Waals surface area (Å²) in [5, 5.41) is 10.9. The van der Waals surface area contributed by atoms with Gasteiger partial charge in [-0.05, 0) is 32.6 Å². The summed E-state index contributed by atoms with van der Waals surface area (Å²) in [6, 6.07) is 1.84. The molecular formula is C14H17N5O2. The molecule has 1 saturated heterocycles. The summed E-state index contributed by atoms with van der Waals surface area (Å²) >= 11 is 0. The van der Waals surface area contributed by atoms with Gasteiger partial charge in [0.1, 0.15) is 5.82 Å². The van der Waals surface area contributed by atoms with Crippen molar-refractivity contribution in [3.63, 3.8) is 0 Å². The molecule has 7 heteroatoms. The highest BCUT2D eigenvalue weighted by atomic mass is 16.5. The number of aryl methyl sites for hydroxylation is 1. The molecule has 1 N–H and O–H groups in total. The van der Waals surface area contributed by atoms with Gasteiger partial charge in [0, 0.05) is 18.5 Å².